The van der Waals surface area contributed by atoms with E-state index < -0.39 is 5.67 Å². The average Bonchev–Trinajstić information content (AvgIpc) is 3.32. The number of hydrogen-bond acceptors (Lipinski definition) is 4. The number of rotatable bonds is 7. The van der Waals surface area contributed by atoms with E-state index in [2.05, 4.69) is 9.88 Å². The van der Waals surface area contributed by atoms with Crippen molar-refractivity contribution in [2.24, 2.45) is 5.92 Å². The molecular weight excluding hydrogens is 424 g/mol. The molecule has 0 radical (unpaired) electrons. The molecule has 0 N–H and O–H groups in total. The molecule has 1 amide bonds. The maximum Gasteiger partial charge on any atom is 0.272 e. The van der Waals surface area contributed by atoms with Gasteiger partial charge in [0.25, 0.3) is 5.91 Å². The number of alkyl halides is 1. The smallest absolute Gasteiger partial charge is 0.272 e. The molecule has 2 aliphatic heterocycles. The molecule has 3 heterocycles. The Hall–Kier alpha value is -2.54. The molecule has 2 aromatic rings. The first-order valence-electron chi connectivity index (χ1n) is 11.9. The number of carbonyl (C=O) groups excluding carboxylic acids is 1. The van der Waals surface area contributed by atoms with Crippen molar-refractivity contribution in [1.82, 2.24) is 14.8 Å². The summed E-state index contributed by atoms with van der Waals surface area (Å²) in [5, 5.41) is 0. The molecule has 2 fully saturated rings. The van der Waals surface area contributed by atoms with Gasteiger partial charge in [0.2, 0.25) is 0 Å². The summed E-state index contributed by atoms with van der Waals surface area (Å²) in [6.45, 7) is 7.46. The topological polar surface area (TPSA) is 45.7 Å². The van der Waals surface area contributed by atoms with Gasteiger partial charge in [-0.25, -0.2) is 8.78 Å². The van der Waals surface area contributed by atoms with Crippen LogP contribution in [-0.2, 0) is 0 Å². The molecule has 0 aliphatic carbocycles. The van der Waals surface area contributed by atoms with Crippen LogP contribution in [0.5, 0.6) is 5.75 Å². The number of ether oxygens (including phenoxy) is 1. The van der Waals surface area contributed by atoms with E-state index in [0.29, 0.717) is 41.6 Å². The van der Waals surface area contributed by atoms with Crippen LogP contribution in [0.2, 0.25) is 0 Å². The van der Waals surface area contributed by atoms with Crippen molar-refractivity contribution >= 4 is 5.91 Å². The quantitative estimate of drug-likeness (QED) is 0.589. The van der Waals surface area contributed by atoms with Crippen LogP contribution in [0.4, 0.5) is 8.78 Å². The first-order chi connectivity index (χ1) is 15.8. The second kappa shape index (κ2) is 10.2. The van der Waals surface area contributed by atoms with E-state index in [1.807, 2.05) is 0 Å². The zero-order valence-corrected chi connectivity index (χ0v) is 19.5. The Labute approximate surface area is 194 Å². The third kappa shape index (κ3) is 6.28. The molecule has 2 aliphatic rings. The van der Waals surface area contributed by atoms with Crippen molar-refractivity contribution in [1.29, 1.82) is 0 Å². The van der Waals surface area contributed by atoms with E-state index in [1.165, 1.54) is 6.07 Å². The highest BCUT2D eigenvalue weighted by atomic mass is 19.1. The van der Waals surface area contributed by atoms with Crippen LogP contribution in [0.3, 0.4) is 0 Å². The summed E-state index contributed by atoms with van der Waals surface area (Å²) < 4.78 is 34.5. The number of hydrogen-bond donors (Lipinski definition) is 0. The summed E-state index contributed by atoms with van der Waals surface area (Å²) in [6, 6.07) is 8.26. The van der Waals surface area contributed by atoms with Crippen LogP contribution in [-0.4, -0.2) is 65.7 Å². The Kier molecular flexibility index (Phi) is 7.27. The minimum absolute atomic E-state index is 0.0671. The van der Waals surface area contributed by atoms with Gasteiger partial charge in [-0.2, -0.15) is 0 Å². The minimum atomic E-state index is -1.18. The highest BCUT2D eigenvalue weighted by molar-refractivity contribution is 5.92. The molecule has 0 unspecified atom stereocenters. The summed E-state index contributed by atoms with van der Waals surface area (Å²) in [7, 11) is 0. The van der Waals surface area contributed by atoms with Crippen LogP contribution in [0, 0.1) is 11.7 Å². The van der Waals surface area contributed by atoms with E-state index in [-0.39, 0.29) is 11.7 Å². The maximum absolute atomic E-state index is 14.8. The number of piperidine rings is 1. The van der Waals surface area contributed by atoms with Gasteiger partial charge in [0.05, 0.1) is 6.61 Å². The van der Waals surface area contributed by atoms with E-state index in [4.69, 9.17) is 4.74 Å². The summed E-state index contributed by atoms with van der Waals surface area (Å²) in [5.74, 6) is 0.435. The van der Waals surface area contributed by atoms with E-state index in [0.717, 1.165) is 51.9 Å². The summed E-state index contributed by atoms with van der Waals surface area (Å²) in [5.41, 5.74) is 0.265. The van der Waals surface area contributed by atoms with E-state index in [1.54, 1.807) is 49.2 Å². The van der Waals surface area contributed by atoms with Gasteiger partial charge >= 0.3 is 0 Å². The Morgan fingerprint density at radius 2 is 1.85 bits per heavy atom. The highest BCUT2D eigenvalue weighted by Gasteiger charge is 2.25. The summed E-state index contributed by atoms with van der Waals surface area (Å²) in [6.07, 6.45) is 5.50. The first-order valence-corrected chi connectivity index (χ1v) is 11.9. The van der Waals surface area contributed by atoms with Gasteiger partial charge in [0.15, 0.2) is 0 Å². The number of pyridine rings is 1. The van der Waals surface area contributed by atoms with Crippen molar-refractivity contribution in [3.8, 4) is 16.9 Å². The third-order valence-electron chi connectivity index (χ3n) is 6.42. The standard InChI is InChI=1S/C26H33F2N3O2/c1-26(2,28)18-30-13-9-19(10-14-30)17-33-21-6-7-22(23(27)15-21)20-5-8-24(29-16-20)25(32)31-11-3-4-12-31/h5-8,15-16,19H,3-4,9-14,17-18H2,1-2H3. The summed E-state index contributed by atoms with van der Waals surface area (Å²) >= 11 is 0. The van der Waals surface area contributed by atoms with Crippen molar-refractivity contribution in [2.45, 2.75) is 45.2 Å². The molecule has 4 rings (SSSR count). The Bertz CT molecular complexity index is 945. The lowest BCUT2D eigenvalue weighted by Crippen LogP contribution is -2.41. The SMILES string of the molecule is CC(C)(F)CN1CCC(COc2ccc(-c3ccc(C(=O)N4CCCC4)nc3)c(F)c2)CC1. The molecule has 1 aromatic carbocycles. The van der Waals surface area contributed by atoms with Gasteiger partial charge in [0, 0.05) is 43.0 Å². The number of likely N-dealkylation sites (tertiary alicyclic amines) is 2. The third-order valence-corrected chi connectivity index (χ3v) is 6.42. The number of benzene rings is 1. The number of aromatic nitrogens is 1. The molecule has 178 valence electrons. The highest BCUT2D eigenvalue weighted by Crippen LogP contribution is 2.27. The predicted octanol–water partition coefficient (Wildman–Crippen LogP) is 4.96. The van der Waals surface area contributed by atoms with Crippen molar-refractivity contribution in [2.75, 3.05) is 39.3 Å². The average molecular weight is 458 g/mol. The number of carbonyl (C=O) groups is 1. The maximum atomic E-state index is 14.8. The first kappa shape index (κ1) is 23.6. The van der Waals surface area contributed by atoms with Gasteiger partial charge in [-0.15, -0.1) is 0 Å². The van der Waals surface area contributed by atoms with Gasteiger partial charge in [-0.1, -0.05) is 6.07 Å². The zero-order chi connectivity index (χ0) is 23.4. The molecule has 0 bridgehead atoms. The van der Waals surface area contributed by atoms with Crippen LogP contribution in [0.1, 0.15) is 50.0 Å². The van der Waals surface area contributed by atoms with Gasteiger partial charge < -0.3 is 14.5 Å². The molecule has 33 heavy (non-hydrogen) atoms. The molecular formula is C26H33F2N3O2. The molecule has 2 saturated heterocycles. The second-order valence-electron chi connectivity index (χ2n) is 9.82. The van der Waals surface area contributed by atoms with Gasteiger partial charge in [-0.05, 0) is 76.7 Å². The monoisotopic (exact) mass is 457 g/mol. The lowest BCUT2D eigenvalue weighted by Gasteiger charge is -2.34. The Morgan fingerprint density at radius 1 is 1.12 bits per heavy atom. The van der Waals surface area contributed by atoms with Crippen LogP contribution in [0.15, 0.2) is 36.5 Å². The van der Waals surface area contributed by atoms with Crippen molar-refractivity contribution < 1.29 is 18.3 Å². The molecule has 0 saturated carbocycles. The number of halogens is 2. The lowest BCUT2D eigenvalue weighted by molar-refractivity contribution is 0.0786. The van der Waals surface area contributed by atoms with Crippen LogP contribution in [0.25, 0.3) is 11.1 Å². The minimum Gasteiger partial charge on any atom is -0.493 e. The van der Waals surface area contributed by atoms with E-state index in [9.17, 15) is 13.6 Å². The summed E-state index contributed by atoms with van der Waals surface area (Å²) in [4.78, 5) is 20.7. The fourth-order valence-electron chi connectivity index (χ4n) is 4.64. The van der Waals surface area contributed by atoms with Gasteiger partial charge in [-0.3, -0.25) is 9.78 Å². The molecule has 1 aromatic heterocycles. The van der Waals surface area contributed by atoms with Crippen LogP contribution >= 0.6 is 0 Å². The van der Waals surface area contributed by atoms with Crippen LogP contribution < -0.4 is 4.74 Å². The number of nitrogens with zero attached hydrogens (tertiary/aromatic N) is 3. The Balaban J connectivity index is 1.31. The molecule has 0 atom stereocenters. The second-order valence-corrected chi connectivity index (χ2v) is 9.82. The lowest BCUT2D eigenvalue weighted by atomic mass is 9.97. The van der Waals surface area contributed by atoms with Crippen molar-refractivity contribution in [3.63, 3.8) is 0 Å². The van der Waals surface area contributed by atoms with Gasteiger partial charge in [0.1, 0.15) is 22.9 Å². The Morgan fingerprint density at radius 3 is 2.45 bits per heavy atom. The van der Waals surface area contributed by atoms with E-state index >= 15 is 0 Å². The number of amides is 1. The zero-order valence-electron chi connectivity index (χ0n) is 19.5. The normalized spacial score (nSPS) is 18.0. The van der Waals surface area contributed by atoms with Crippen molar-refractivity contribution in [3.05, 3.63) is 48.0 Å². The fraction of sp³-hybridized carbons (Fsp3) is 0.538. The molecule has 5 nitrogen and oxygen atoms in total. The largest absolute Gasteiger partial charge is 0.493 e. The fourth-order valence-corrected chi connectivity index (χ4v) is 4.64. The molecule has 7 heteroatoms. The predicted molar refractivity (Wildman–Crippen MR) is 125 cm³/mol. The molecule has 0 spiro atoms.